The van der Waals surface area contributed by atoms with E-state index in [0.717, 1.165) is 35.6 Å². The highest BCUT2D eigenvalue weighted by atomic mass is 16.5. The van der Waals surface area contributed by atoms with Crippen LogP contribution in [0.3, 0.4) is 0 Å². The minimum atomic E-state index is -0.241. The van der Waals surface area contributed by atoms with Crippen molar-refractivity contribution in [1.29, 1.82) is 0 Å². The van der Waals surface area contributed by atoms with Gasteiger partial charge in [0.1, 0.15) is 28.8 Å². The van der Waals surface area contributed by atoms with E-state index in [4.69, 9.17) is 24.2 Å². The number of aromatic amines is 1. The molecule has 5 heterocycles. The van der Waals surface area contributed by atoms with Gasteiger partial charge in [0.05, 0.1) is 38.1 Å². The first-order chi connectivity index (χ1) is 18.2. The summed E-state index contributed by atoms with van der Waals surface area (Å²) in [4.78, 5) is 32.2. The van der Waals surface area contributed by atoms with Crippen molar-refractivity contribution in [1.82, 2.24) is 19.9 Å². The summed E-state index contributed by atoms with van der Waals surface area (Å²) in [5.74, 6) is 2.39. The molecular weight excluding hydrogens is 472 g/mol. The molecule has 1 aromatic carbocycles. The molecule has 0 radical (unpaired) electrons. The van der Waals surface area contributed by atoms with Crippen molar-refractivity contribution in [3.63, 3.8) is 0 Å². The van der Waals surface area contributed by atoms with Crippen LogP contribution in [0, 0.1) is 0 Å². The Hall–Kier alpha value is -4.18. The molecule has 37 heavy (non-hydrogen) atoms. The molecule has 2 aliphatic heterocycles. The number of rotatable bonds is 7. The first kappa shape index (κ1) is 23.2. The highest BCUT2D eigenvalue weighted by Gasteiger charge is 2.23. The summed E-state index contributed by atoms with van der Waals surface area (Å²) in [6.07, 6.45) is 3.21. The van der Waals surface area contributed by atoms with Crippen LogP contribution in [0.5, 0.6) is 11.5 Å². The van der Waals surface area contributed by atoms with Crippen molar-refractivity contribution in [2.45, 2.75) is 32.0 Å². The van der Waals surface area contributed by atoms with Gasteiger partial charge in [0, 0.05) is 50.0 Å². The third-order valence-electron chi connectivity index (χ3n) is 6.68. The van der Waals surface area contributed by atoms with Crippen LogP contribution in [0.15, 0.2) is 53.5 Å². The number of nitrogens with one attached hydrogen (secondary N) is 2. The Labute approximate surface area is 213 Å². The van der Waals surface area contributed by atoms with Crippen LogP contribution in [0.2, 0.25) is 0 Å². The second kappa shape index (κ2) is 10.1. The number of fused-ring (bicyclic) bond motifs is 2. The molecule has 4 aromatic rings. The standard InChI is InChI=1S/C27H28N6O4/c1-35-20-12-22-25(23(13-20)37-19-8-11-36-16-19)26(34)32-27(31-22)33-10-7-21-17(15-33)5-6-24(30-21)29-14-18-4-2-3-9-28-18/h2-6,9,12-13,19H,7-8,10-11,14-16H2,1H3,(H,29,30)(H,31,32,34). The molecule has 10 nitrogen and oxygen atoms in total. The van der Waals surface area contributed by atoms with Crippen molar-refractivity contribution in [2.75, 3.05) is 37.1 Å². The van der Waals surface area contributed by atoms with Gasteiger partial charge in [0.15, 0.2) is 0 Å². The summed E-state index contributed by atoms with van der Waals surface area (Å²) >= 11 is 0. The maximum atomic E-state index is 13.2. The van der Waals surface area contributed by atoms with Crippen molar-refractivity contribution in [3.8, 4) is 11.5 Å². The van der Waals surface area contributed by atoms with Crippen molar-refractivity contribution in [3.05, 3.63) is 76.0 Å². The van der Waals surface area contributed by atoms with Gasteiger partial charge in [-0.15, -0.1) is 0 Å². The monoisotopic (exact) mass is 500 g/mol. The Balaban J connectivity index is 1.23. The van der Waals surface area contributed by atoms with E-state index in [1.807, 2.05) is 24.3 Å². The predicted octanol–water partition coefficient (Wildman–Crippen LogP) is 3.06. The number of aromatic nitrogens is 4. The normalized spacial score (nSPS) is 17.0. The summed E-state index contributed by atoms with van der Waals surface area (Å²) in [5, 5.41) is 3.76. The van der Waals surface area contributed by atoms with Crippen LogP contribution in [-0.4, -0.2) is 52.9 Å². The second-order valence-electron chi connectivity index (χ2n) is 9.16. The fraction of sp³-hybridized carbons (Fsp3) is 0.333. The summed E-state index contributed by atoms with van der Waals surface area (Å²) in [5.41, 5.74) is 3.40. The summed E-state index contributed by atoms with van der Waals surface area (Å²) < 4.78 is 17.0. The Morgan fingerprint density at radius 1 is 1.22 bits per heavy atom. The molecule has 10 heteroatoms. The van der Waals surface area contributed by atoms with Crippen molar-refractivity contribution in [2.24, 2.45) is 0 Å². The minimum Gasteiger partial charge on any atom is -0.497 e. The lowest BCUT2D eigenvalue weighted by Crippen LogP contribution is -2.33. The molecule has 0 spiro atoms. The number of nitrogens with zero attached hydrogens (tertiary/aromatic N) is 4. The molecule has 0 bridgehead atoms. The molecular formula is C27H28N6O4. The third kappa shape index (κ3) is 4.92. The average Bonchev–Trinajstić information content (AvgIpc) is 3.44. The molecule has 6 rings (SSSR count). The summed E-state index contributed by atoms with van der Waals surface area (Å²) in [6, 6.07) is 13.4. The number of ether oxygens (including phenoxy) is 3. The molecule has 190 valence electrons. The van der Waals surface area contributed by atoms with E-state index >= 15 is 0 Å². The quantitative estimate of drug-likeness (QED) is 0.395. The minimum absolute atomic E-state index is 0.0937. The Kier molecular flexibility index (Phi) is 6.32. The maximum Gasteiger partial charge on any atom is 0.263 e. The van der Waals surface area contributed by atoms with E-state index in [1.165, 1.54) is 0 Å². The molecule has 1 unspecified atom stereocenters. The Bertz CT molecular complexity index is 1470. The van der Waals surface area contributed by atoms with Crippen LogP contribution in [0.4, 0.5) is 11.8 Å². The zero-order chi connectivity index (χ0) is 25.2. The molecule has 1 fully saturated rings. The van der Waals surface area contributed by atoms with E-state index in [0.29, 0.717) is 61.2 Å². The Morgan fingerprint density at radius 3 is 2.97 bits per heavy atom. The number of anilines is 2. The van der Waals surface area contributed by atoms with Crippen LogP contribution >= 0.6 is 0 Å². The second-order valence-corrected chi connectivity index (χ2v) is 9.16. The largest absolute Gasteiger partial charge is 0.497 e. The lowest BCUT2D eigenvalue weighted by atomic mass is 10.1. The first-order valence-electron chi connectivity index (χ1n) is 12.4. The van der Waals surface area contributed by atoms with Gasteiger partial charge in [0.25, 0.3) is 5.56 Å². The van der Waals surface area contributed by atoms with Crippen molar-refractivity contribution >= 4 is 22.7 Å². The lowest BCUT2D eigenvalue weighted by Gasteiger charge is -2.29. The molecule has 1 atom stereocenters. The number of methoxy groups -OCH3 is 1. The van der Waals surface area contributed by atoms with Crippen LogP contribution in [-0.2, 0) is 24.2 Å². The molecule has 3 aromatic heterocycles. The van der Waals surface area contributed by atoms with Crippen LogP contribution in [0.1, 0.15) is 23.4 Å². The topological polar surface area (TPSA) is 114 Å². The molecule has 2 aliphatic rings. The van der Waals surface area contributed by atoms with E-state index < -0.39 is 0 Å². The SMILES string of the molecule is COc1cc(OC2CCOC2)c2c(=O)[nH]c(N3CCc4nc(NCc5ccccn5)ccc4C3)nc2c1. The lowest BCUT2D eigenvalue weighted by molar-refractivity contribution is 0.142. The number of hydrogen-bond acceptors (Lipinski definition) is 9. The predicted molar refractivity (Wildman–Crippen MR) is 139 cm³/mol. The van der Waals surface area contributed by atoms with Gasteiger partial charge in [-0.2, -0.15) is 0 Å². The molecule has 0 aliphatic carbocycles. The average molecular weight is 501 g/mol. The van der Waals surface area contributed by atoms with Gasteiger partial charge >= 0.3 is 0 Å². The Morgan fingerprint density at radius 2 is 2.16 bits per heavy atom. The molecule has 1 saturated heterocycles. The highest BCUT2D eigenvalue weighted by molar-refractivity contribution is 5.86. The van der Waals surface area contributed by atoms with Crippen molar-refractivity contribution < 1.29 is 14.2 Å². The maximum absolute atomic E-state index is 13.2. The first-order valence-corrected chi connectivity index (χ1v) is 12.4. The van der Waals surface area contributed by atoms with Gasteiger partial charge in [-0.05, 0) is 23.8 Å². The van der Waals surface area contributed by atoms with Crippen LogP contribution in [0.25, 0.3) is 10.9 Å². The molecule has 0 saturated carbocycles. The zero-order valence-electron chi connectivity index (χ0n) is 20.6. The number of benzene rings is 1. The van der Waals surface area contributed by atoms with Gasteiger partial charge in [-0.3, -0.25) is 14.8 Å². The van der Waals surface area contributed by atoms with Crippen LogP contribution < -0.4 is 25.2 Å². The van der Waals surface area contributed by atoms with Gasteiger partial charge < -0.3 is 24.4 Å². The highest BCUT2D eigenvalue weighted by Crippen LogP contribution is 2.31. The van der Waals surface area contributed by atoms with Gasteiger partial charge in [0.2, 0.25) is 5.95 Å². The summed E-state index contributed by atoms with van der Waals surface area (Å²) in [6.45, 7) is 3.06. The molecule has 2 N–H and O–H groups in total. The van der Waals surface area contributed by atoms with E-state index in [-0.39, 0.29) is 11.7 Å². The number of hydrogen-bond donors (Lipinski definition) is 2. The number of pyridine rings is 2. The van der Waals surface area contributed by atoms with Gasteiger partial charge in [-0.1, -0.05) is 12.1 Å². The third-order valence-corrected chi connectivity index (χ3v) is 6.68. The zero-order valence-corrected chi connectivity index (χ0v) is 20.6. The van der Waals surface area contributed by atoms with E-state index in [9.17, 15) is 4.79 Å². The van der Waals surface area contributed by atoms with E-state index in [1.54, 1.807) is 25.4 Å². The van der Waals surface area contributed by atoms with E-state index in [2.05, 4.69) is 26.3 Å². The smallest absolute Gasteiger partial charge is 0.263 e. The fourth-order valence-electron chi connectivity index (χ4n) is 4.72. The number of H-pyrrole nitrogens is 1. The molecule has 0 amide bonds. The fourth-order valence-corrected chi connectivity index (χ4v) is 4.72. The van der Waals surface area contributed by atoms with Gasteiger partial charge in [-0.25, -0.2) is 9.97 Å². The summed E-state index contributed by atoms with van der Waals surface area (Å²) in [7, 11) is 1.59.